The molecule has 0 amide bonds. The minimum atomic E-state index is -0.865. The summed E-state index contributed by atoms with van der Waals surface area (Å²) in [6.07, 6.45) is 4.65. The summed E-state index contributed by atoms with van der Waals surface area (Å²) < 4.78 is 2.79. The minimum absolute atomic E-state index is 0.865. The van der Waals surface area contributed by atoms with Gasteiger partial charge in [0.05, 0.1) is 0 Å². The molecule has 0 aromatic heterocycles. The molecule has 0 unspecified atom stereocenters. The van der Waals surface area contributed by atoms with Crippen molar-refractivity contribution in [2.24, 2.45) is 0 Å². The van der Waals surface area contributed by atoms with E-state index in [2.05, 4.69) is 11.3 Å². The van der Waals surface area contributed by atoms with Gasteiger partial charge in [-0.15, -0.1) is 0 Å². The molecular formula is C7H14AmN. The predicted molar refractivity (Wildman–Crippen MR) is 35.0 cm³/mol. The van der Waals surface area contributed by atoms with E-state index in [1.165, 1.54) is 6.42 Å². The quantitative estimate of drug-likeness (QED) is 0.641. The first-order chi connectivity index (χ1) is 4.38. The molecule has 2 rings (SSSR count). The molecule has 0 aliphatic carbocycles. The fourth-order valence-electron chi connectivity index (χ4n) is 1.78. The fourth-order valence-corrected chi connectivity index (χ4v) is 11.2. The molecule has 2 aliphatic rings. The third-order valence-corrected chi connectivity index (χ3v) is 12.4. The van der Waals surface area contributed by atoms with E-state index in [1.54, 1.807) is 24.2 Å². The van der Waals surface area contributed by atoms with Gasteiger partial charge >= 0.3 is 59.6 Å². The van der Waals surface area contributed by atoms with Crippen molar-refractivity contribution in [3.63, 3.8) is 0 Å². The van der Waals surface area contributed by atoms with Gasteiger partial charge in [0.15, 0.2) is 0 Å². The normalized spacial score (nSPS) is 35.7. The predicted octanol–water partition coefficient (Wildman–Crippen LogP) is 1.86. The van der Waals surface area contributed by atoms with Crippen LogP contribution in [0.15, 0.2) is 0 Å². The summed E-state index contributed by atoms with van der Waals surface area (Å²) in [5, 5.41) is 0. The summed E-state index contributed by atoms with van der Waals surface area (Å²) in [7, 11) is 2.38. The van der Waals surface area contributed by atoms with Crippen molar-refractivity contribution in [2.45, 2.75) is 36.6 Å². The van der Waals surface area contributed by atoms with Crippen molar-refractivity contribution >= 4 is 0 Å². The number of rotatable bonds is 0. The molecule has 2 fully saturated rings. The zero-order valence-electron chi connectivity index (χ0n) is 5.94. The topological polar surface area (TPSA) is 3.24 Å². The zero-order chi connectivity index (χ0) is 6.27. The van der Waals surface area contributed by atoms with Crippen LogP contribution in [0.4, 0.5) is 0 Å². The van der Waals surface area contributed by atoms with E-state index < -0.39 is 11.7 Å². The van der Waals surface area contributed by atoms with Crippen LogP contribution < -0.4 is 0 Å². The molecule has 0 N–H and O–H groups in total. The fraction of sp³-hybridized carbons (Fsp3) is 1.00. The molecule has 1 atom stereocenters. The van der Waals surface area contributed by atoms with E-state index in [-0.39, 0.29) is 0 Å². The van der Waals surface area contributed by atoms with E-state index in [0.29, 0.717) is 0 Å². The molecule has 2 heterocycles. The molecule has 0 spiro atoms. The van der Waals surface area contributed by atoms with Gasteiger partial charge in [0.2, 0.25) is 0 Å². The molecule has 2 aliphatic heterocycles. The number of hydrogen-bond acceptors (Lipinski definition) is 1. The average molecular weight is 355 g/mol. The second kappa shape index (κ2) is 2.19. The van der Waals surface area contributed by atoms with Gasteiger partial charge in [-0.25, -0.2) is 0 Å². The van der Waals surface area contributed by atoms with Gasteiger partial charge in [-0.3, -0.25) is 0 Å². The van der Waals surface area contributed by atoms with E-state index >= 15 is 0 Å². The maximum atomic E-state index is 2.79. The third kappa shape index (κ3) is 0.899. The Labute approximate surface area is 60.3 Å². The van der Waals surface area contributed by atoms with Gasteiger partial charge < -0.3 is 0 Å². The van der Waals surface area contributed by atoms with Crippen molar-refractivity contribution in [3.8, 4) is 0 Å². The second-order valence-electron chi connectivity index (χ2n) is 2.92. The van der Waals surface area contributed by atoms with Gasteiger partial charge in [-0.05, 0) is 0 Å². The first-order valence-corrected chi connectivity index (χ1v) is 9.58. The summed E-state index contributed by atoms with van der Waals surface area (Å²) in [5.74, 6) is 0. The summed E-state index contributed by atoms with van der Waals surface area (Å²) in [5.41, 5.74) is 3.34. The van der Waals surface area contributed by atoms with E-state index in [9.17, 15) is 0 Å². The van der Waals surface area contributed by atoms with E-state index in [4.69, 9.17) is 0 Å². The molecule has 54 valence electrons. The van der Waals surface area contributed by atoms with E-state index in [0.717, 1.165) is 6.04 Å². The van der Waals surface area contributed by atoms with Crippen LogP contribution >= 0.6 is 0 Å². The number of nitrogens with zero attached hydrogens (tertiary/aromatic N) is 1. The Balaban J connectivity index is 2.10. The number of fused-ring (bicyclic) bond motifs is 2. The molecule has 0 aromatic rings. The Morgan fingerprint density at radius 1 is 1.33 bits per heavy atom. The summed E-state index contributed by atoms with van der Waals surface area (Å²) in [6, 6.07) is 1.05. The first-order valence-electron chi connectivity index (χ1n) is 3.73. The van der Waals surface area contributed by atoms with Crippen molar-refractivity contribution in [3.05, 3.63) is 0 Å². The van der Waals surface area contributed by atoms with Crippen LogP contribution in [-0.4, -0.2) is 17.3 Å². The van der Waals surface area contributed by atoms with Crippen LogP contribution in [-0.2, 0) is 0 Å². The molecule has 2 saturated heterocycles. The Kier molecular flexibility index (Phi) is 1.48. The Morgan fingerprint density at radius 2 is 2.22 bits per heavy atom. The van der Waals surface area contributed by atoms with Crippen LogP contribution in [0.1, 0.15) is 19.3 Å². The summed E-state index contributed by atoms with van der Waals surface area (Å²) in [4.78, 5) is 0. The van der Waals surface area contributed by atoms with Gasteiger partial charge in [0.1, 0.15) is 0 Å². The summed E-state index contributed by atoms with van der Waals surface area (Å²) in [6.45, 7) is 0. The van der Waals surface area contributed by atoms with Crippen molar-refractivity contribution in [1.82, 2.24) is 4.22 Å². The van der Waals surface area contributed by atoms with Crippen LogP contribution in [0.2, 0.25) is 11.3 Å². The van der Waals surface area contributed by atoms with Crippen LogP contribution in [0.25, 0.3) is 0 Å². The SMILES string of the molecule is C[N]1[C@@H]2CC[CH2][Am]1[CH2]C2. The molecule has 2 heteroatoms. The molecule has 0 saturated carbocycles. The van der Waals surface area contributed by atoms with Crippen LogP contribution in [0.3, 0.4) is 0 Å². The van der Waals surface area contributed by atoms with Crippen molar-refractivity contribution in [2.75, 3.05) is 7.05 Å². The summed E-state index contributed by atoms with van der Waals surface area (Å²) >= 11 is -0.865. The standard InChI is InChI=1S/C7H14N.Am/c1-4-6-7(5-2)8-3;/h7H,1-2,4-6H2,3H3;/q-1;+1/t7-;/m0./s1. The zero-order valence-corrected chi connectivity index (χ0v) is 9.09. The maximum absolute atomic E-state index is 2.79. The van der Waals surface area contributed by atoms with Gasteiger partial charge in [-0.2, -0.15) is 0 Å². The average Bonchev–Trinajstić information content (AvgIpc) is 2.19. The first kappa shape index (κ1) is 6.09. The molecule has 0 aromatic carbocycles. The van der Waals surface area contributed by atoms with Gasteiger partial charge in [0, 0.05) is 0 Å². The Bertz CT molecular complexity index is 99.5. The molecule has 1 nitrogen and oxygen atoms in total. The molecule has 9 heavy (non-hydrogen) atoms. The van der Waals surface area contributed by atoms with Crippen LogP contribution in [0, 0.1) is 11.7 Å². The molecule has 2 bridgehead atoms. The van der Waals surface area contributed by atoms with Crippen LogP contribution in [0.5, 0.6) is 0 Å². The third-order valence-electron chi connectivity index (χ3n) is 2.43. The van der Waals surface area contributed by atoms with E-state index in [1.807, 2.05) is 0 Å². The monoisotopic (exact) mass is 353 g/mol. The number of hydrogen-bond donors (Lipinski definition) is 0. The molecule has 0 radical (unpaired) electrons. The van der Waals surface area contributed by atoms with Gasteiger partial charge in [0.25, 0.3) is 0 Å². The van der Waals surface area contributed by atoms with Crippen molar-refractivity contribution in [1.29, 1.82) is 0 Å². The second-order valence-corrected chi connectivity index (χ2v) is 11.8. The van der Waals surface area contributed by atoms with Gasteiger partial charge in [-0.1, -0.05) is 0 Å². The Morgan fingerprint density at radius 3 is 2.89 bits per heavy atom. The molecular weight excluding hydrogens is 341 g/mol. The van der Waals surface area contributed by atoms with Crippen molar-refractivity contribution < 1.29 is 11.7 Å². The Hall–Kier alpha value is 0.350.